The molecule has 3 nitrogen and oxygen atoms in total. The lowest BCUT2D eigenvalue weighted by atomic mass is 9.92. The molecule has 0 saturated heterocycles. The van der Waals surface area contributed by atoms with E-state index in [2.05, 4.69) is 55.7 Å². The molecule has 18 heavy (non-hydrogen) atoms. The van der Waals surface area contributed by atoms with E-state index in [9.17, 15) is 0 Å². The SMILES string of the molecule is Cc1cn(C2CCC(C)(C)C2)c(NCC(C)C)n1. The maximum Gasteiger partial charge on any atom is 0.203 e. The molecule has 1 heterocycles. The van der Waals surface area contributed by atoms with Crippen molar-refractivity contribution in [3.8, 4) is 0 Å². The van der Waals surface area contributed by atoms with E-state index >= 15 is 0 Å². The standard InChI is InChI=1S/C15H27N3/c1-11(2)9-16-14-17-12(3)10-18(14)13-6-7-15(4,5)8-13/h10-11,13H,6-9H2,1-5H3,(H,16,17). The second-order valence-corrected chi connectivity index (χ2v) is 6.95. The molecule has 1 aliphatic carbocycles. The Balaban J connectivity index is 2.12. The summed E-state index contributed by atoms with van der Waals surface area (Å²) < 4.78 is 2.37. The van der Waals surface area contributed by atoms with Crippen LogP contribution in [0.5, 0.6) is 0 Å². The molecule has 1 aromatic heterocycles. The van der Waals surface area contributed by atoms with Crippen LogP contribution in [0.15, 0.2) is 6.20 Å². The van der Waals surface area contributed by atoms with Crippen LogP contribution in [0.2, 0.25) is 0 Å². The number of aromatic nitrogens is 2. The van der Waals surface area contributed by atoms with Gasteiger partial charge in [0.25, 0.3) is 0 Å². The van der Waals surface area contributed by atoms with Gasteiger partial charge in [-0.15, -0.1) is 0 Å². The van der Waals surface area contributed by atoms with Crippen LogP contribution in [0.25, 0.3) is 0 Å². The maximum absolute atomic E-state index is 4.63. The van der Waals surface area contributed by atoms with Gasteiger partial charge in [-0.05, 0) is 37.5 Å². The maximum atomic E-state index is 4.63. The molecule has 1 aromatic rings. The Hall–Kier alpha value is -0.990. The van der Waals surface area contributed by atoms with Gasteiger partial charge in [0.2, 0.25) is 5.95 Å². The Morgan fingerprint density at radius 2 is 2.22 bits per heavy atom. The first-order chi connectivity index (χ1) is 8.37. The van der Waals surface area contributed by atoms with Crippen molar-refractivity contribution < 1.29 is 0 Å². The van der Waals surface area contributed by atoms with Gasteiger partial charge >= 0.3 is 0 Å². The van der Waals surface area contributed by atoms with Crippen LogP contribution >= 0.6 is 0 Å². The van der Waals surface area contributed by atoms with E-state index in [0.29, 0.717) is 17.4 Å². The fraction of sp³-hybridized carbons (Fsp3) is 0.800. The zero-order valence-electron chi connectivity index (χ0n) is 12.5. The van der Waals surface area contributed by atoms with Crippen LogP contribution in [0, 0.1) is 18.3 Å². The molecule has 2 rings (SSSR count). The van der Waals surface area contributed by atoms with Gasteiger partial charge in [0.15, 0.2) is 0 Å². The van der Waals surface area contributed by atoms with Crippen molar-refractivity contribution in [2.45, 2.75) is 59.9 Å². The summed E-state index contributed by atoms with van der Waals surface area (Å²) in [6, 6.07) is 0.621. The Bertz CT molecular complexity index is 404. The van der Waals surface area contributed by atoms with Crippen molar-refractivity contribution in [3.63, 3.8) is 0 Å². The number of nitrogens with zero attached hydrogens (tertiary/aromatic N) is 2. The zero-order valence-corrected chi connectivity index (χ0v) is 12.5. The molecule has 0 bridgehead atoms. The third-order valence-electron chi connectivity index (χ3n) is 3.86. The summed E-state index contributed by atoms with van der Waals surface area (Å²) >= 11 is 0. The predicted octanol–water partition coefficient (Wildman–Crippen LogP) is 4.01. The van der Waals surface area contributed by atoms with Crippen LogP contribution in [-0.2, 0) is 0 Å². The van der Waals surface area contributed by atoms with Gasteiger partial charge < -0.3 is 9.88 Å². The van der Waals surface area contributed by atoms with Gasteiger partial charge in [-0.3, -0.25) is 0 Å². The minimum absolute atomic E-state index is 0.484. The number of hydrogen-bond donors (Lipinski definition) is 1. The van der Waals surface area contributed by atoms with Gasteiger partial charge in [0, 0.05) is 18.8 Å². The number of anilines is 1. The molecule has 0 radical (unpaired) electrons. The smallest absolute Gasteiger partial charge is 0.203 e. The summed E-state index contributed by atoms with van der Waals surface area (Å²) in [7, 11) is 0. The first-order valence-corrected chi connectivity index (χ1v) is 7.17. The fourth-order valence-electron chi connectivity index (χ4n) is 2.86. The number of imidazole rings is 1. The van der Waals surface area contributed by atoms with E-state index in [0.717, 1.165) is 18.2 Å². The zero-order chi connectivity index (χ0) is 13.3. The molecule has 1 N–H and O–H groups in total. The summed E-state index contributed by atoms with van der Waals surface area (Å²) in [5.74, 6) is 1.71. The van der Waals surface area contributed by atoms with Gasteiger partial charge in [0.05, 0.1) is 5.69 Å². The quantitative estimate of drug-likeness (QED) is 0.873. The average molecular weight is 249 g/mol. The summed E-state index contributed by atoms with van der Waals surface area (Å²) in [4.78, 5) is 4.63. The molecule has 102 valence electrons. The molecule has 1 unspecified atom stereocenters. The average Bonchev–Trinajstić information content (AvgIpc) is 2.78. The summed E-state index contributed by atoms with van der Waals surface area (Å²) in [6.45, 7) is 12.3. The van der Waals surface area contributed by atoms with Crippen LogP contribution in [0.1, 0.15) is 58.7 Å². The van der Waals surface area contributed by atoms with E-state index < -0.39 is 0 Å². The Morgan fingerprint density at radius 1 is 1.50 bits per heavy atom. The second-order valence-electron chi connectivity index (χ2n) is 6.95. The largest absolute Gasteiger partial charge is 0.355 e. The molecule has 0 aromatic carbocycles. The molecular weight excluding hydrogens is 222 g/mol. The molecule has 1 fully saturated rings. The Labute approximate surface area is 111 Å². The van der Waals surface area contributed by atoms with Crippen LogP contribution in [-0.4, -0.2) is 16.1 Å². The third-order valence-corrected chi connectivity index (χ3v) is 3.86. The topological polar surface area (TPSA) is 29.9 Å². The first-order valence-electron chi connectivity index (χ1n) is 7.17. The highest BCUT2D eigenvalue weighted by atomic mass is 15.2. The summed E-state index contributed by atoms with van der Waals surface area (Å²) in [6.07, 6.45) is 6.06. The Kier molecular flexibility index (Phi) is 3.69. The highest BCUT2D eigenvalue weighted by Crippen LogP contribution is 2.44. The van der Waals surface area contributed by atoms with E-state index in [4.69, 9.17) is 0 Å². The van der Waals surface area contributed by atoms with Crippen molar-refractivity contribution in [2.24, 2.45) is 11.3 Å². The predicted molar refractivity (Wildman–Crippen MR) is 77.0 cm³/mol. The Morgan fingerprint density at radius 3 is 2.78 bits per heavy atom. The van der Waals surface area contributed by atoms with Crippen molar-refractivity contribution in [3.05, 3.63) is 11.9 Å². The van der Waals surface area contributed by atoms with Crippen LogP contribution in [0.4, 0.5) is 5.95 Å². The highest BCUT2D eigenvalue weighted by molar-refractivity contribution is 5.30. The normalized spacial score (nSPS) is 22.7. The first kappa shape index (κ1) is 13.4. The van der Waals surface area contributed by atoms with Gasteiger partial charge in [-0.25, -0.2) is 4.98 Å². The fourth-order valence-corrected chi connectivity index (χ4v) is 2.86. The van der Waals surface area contributed by atoms with Gasteiger partial charge in [-0.1, -0.05) is 27.7 Å². The highest BCUT2D eigenvalue weighted by Gasteiger charge is 2.32. The molecule has 0 spiro atoms. The summed E-state index contributed by atoms with van der Waals surface area (Å²) in [5.41, 5.74) is 1.60. The molecule has 0 amide bonds. The van der Waals surface area contributed by atoms with E-state index in [-0.39, 0.29) is 0 Å². The van der Waals surface area contributed by atoms with Gasteiger partial charge in [0.1, 0.15) is 0 Å². The lowest BCUT2D eigenvalue weighted by molar-refractivity contribution is 0.359. The van der Waals surface area contributed by atoms with E-state index in [1.165, 1.54) is 19.3 Å². The molecular formula is C15H27N3. The minimum Gasteiger partial charge on any atom is -0.355 e. The van der Waals surface area contributed by atoms with Crippen LogP contribution < -0.4 is 5.32 Å². The summed E-state index contributed by atoms with van der Waals surface area (Å²) in [5, 5.41) is 3.49. The van der Waals surface area contributed by atoms with Crippen molar-refractivity contribution in [1.82, 2.24) is 9.55 Å². The van der Waals surface area contributed by atoms with Crippen molar-refractivity contribution in [1.29, 1.82) is 0 Å². The molecule has 3 heteroatoms. The molecule has 1 saturated carbocycles. The van der Waals surface area contributed by atoms with E-state index in [1.807, 2.05) is 0 Å². The minimum atomic E-state index is 0.484. The number of nitrogens with one attached hydrogen (secondary N) is 1. The van der Waals surface area contributed by atoms with Crippen LogP contribution in [0.3, 0.4) is 0 Å². The van der Waals surface area contributed by atoms with Crippen molar-refractivity contribution in [2.75, 3.05) is 11.9 Å². The van der Waals surface area contributed by atoms with Gasteiger partial charge in [-0.2, -0.15) is 0 Å². The monoisotopic (exact) mass is 249 g/mol. The molecule has 1 atom stereocenters. The number of aryl methyl sites for hydroxylation is 1. The lowest BCUT2D eigenvalue weighted by Crippen LogP contribution is -2.15. The lowest BCUT2D eigenvalue weighted by Gasteiger charge is -2.20. The third kappa shape index (κ3) is 3.06. The number of hydrogen-bond acceptors (Lipinski definition) is 2. The number of rotatable bonds is 4. The second kappa shape index (κ2) is 4.94. The van der Waals surface area contributed by atoms with E-state index in [1.54, 1.807) is 0 Å². The molecule has 1 aliphatic rings. The van der Waals surface area contributed by atoms with Crippen molar-refractivity contribution >= 4 is 5.95 Å². The molecule has 0 aliphatic heterocycles.